The van der Waals surface area contributed by atoms with Crippen molar-refractivity contribution >= 4 is 17.5 Å². The maximum Gasteiger partial charge on any atom is 0.185 e. The maximum atomic E-state index is 11.8. The Morgan fingerprint density at radius 2 is 1.57 bits per heavy atom. The van der Waals surface area contributed by atoms with Crippen LogP contribution in [0.25, 0.3) is 6.08 Å². The molecule has 0 aromatic heterocycles. The SMILES string of the molecule is CN(C)c1ccc(/C=C/C=C/C(=O)c2ccccc2)cc1. The van der Waals surface area contributed by atoms with Crippen molar-refractivity contribution in [1.82, 2.24) is 0 Å². The van der Waals surface area contributed by atoms with E-state index in [0.717, 1.165) is 5.56 Å². The van der Waals surface area contributed by atoms with E-state index >= 15 is 0 Å². The number of ketones is 1. The molecule has 2 heteroatoms. The van der Waals surface area contributed by atoms with Crippen molar-refractivity contribution in [3.05, 3.63) is 84.0 Å². The molecule has 0 aliphatic rings. The fourth-order valence-electron chi connectivity index (χ4n) is 1.89. The summed E-state index contributed by atoms with van der Waals surface area (Å²) in [5.74, 6) is 0.0169. The lowest BCUT2D eigenvalue weighted by atomic mass is 10.1. The van der Waals surface area contributed by atoms with E-state index in [-0.39, 0.29) is 5.78 Å². The summed E-state index contributed by atoms with van der Waals surface area (Å²) in [5.41, 5.74) is 2.98. The second kappa shape index (κ2) is 7.25. The van der Waals surface area contributed by atoms with Crippen molar-refractivity contribution in [2.75, 3.05) is 19.0 Å². The highest BCUT2D eigenvalue weighted by Gasteiger charge is 1.97. The number of hydrogen-bond acceptors (Lipinski definition) is 2. The van der Waals surface area contributed by atoms with Crippen LogP contribution in [-0.2, 0) is 0 Å². The number of nitrogens with zero attached hydrogens (tertiary/aromatic N) is 1. The molecule has 2 nitrogen and oxygen atoms in total. The Kier molecular flexibility index (Phi) is 5.10. The van der Waals surface area contributed by atoms with E-state index in [0.29, 0.717) is 5.56 Å². The van der Waals surface area contributed by atoms with Crippen LogP contribution in [0.3, 0.4) is 0 Å². The molecule has 0 spiro atoms. The van der Waals surface area contributed by atoms with Crippen LogP contribution in [0, 0.1) is 0 Å². The smallest absolute Gasteiger partial charge is 0.185 e. The third-order valence-electron chi connectivity index (χ3n) is 3.12. The third-order valence-corrected chi connectivity index (χ3v) is 3.12. The summed E-state index contributed by atoms with van der Waals surface area (Å²) in [6.07, 6.45) is 7.22. The van der Waals surface area contributed by atoms with Crippen LogP contribution in [0.1, 0.15) is 15.9 Å². The van der Waals surface area contributed by atoms with Crippen LogP contribution >= 0.6 is 0 Å². The number of carbonyl (C=O) groups excluding carboxylic acids is 1. The fraction of sp³-hybridized carbons (Fsp3) is 0.105. The van der Waals surface area contributed by atoms with Crippen molar-refractivity contribution in [2.45, 2.75) is 0 Å². The highest BCUT2D eigenvalue weighted by atomic mass is 16.1. The summed E-state index contributed by atoms with van der Waals surface area (Å²) in [4.78, 5) is 13.9. The Balaban J connectivity index is 1.96. The summed E-state index contributed by atoms with van der Waals surface area (Å²) in [6, 6.07) is 17.5. The lowest BCUT2D eigenvalue weighted by Crippen LogP contribution is -2.07. The van der Waals surface area contributed by atoms with E-state index in [4.69, 9.17) is 0 Å². The number of hydrogen-bond donors (Lipinski definition) is 0. The Morgan fingerprint density at radius 1 is 0.905 bits per heavy atom. The van der Waals surface area contributed by atoms with Gasteiger partial charge < -0.3 is 4.90 Å². The minimum Gasteiger partial charge on any atom is -0.378 e. The zero-order valence-corrected chi connectivity index (χ0v) is 12.4. The van der Waals surface area contributed by atoms with Gasteiger partial charge in [-0.3, -0.25) is 4.79 Å². The molecule has 0 aliphatic heterocycles. The summed E-state index contributed by atoms with van der Waals surface area (Å²) >= 11 is 0. The number of allylic oxidation sites excluding steroid dienone is 3. The number of carbonyl (C=O) groups is 1. The van der Waals surface area contributed by atoms with E-state index in [1.807, 2.05) is 56.6 Å². The van der Waals surface area contributed by atoms with Gasteiger partial charge in [-0.15, -0.1) is 0 Å². The van der Waals surface area contributed by atoms with Gasteiger partial charge in [0.15, 0.2) is 5.78 Å². The minimum absolute atomic E-state index is 0.0169. The first-order chi connectivity index (χ1) is 10.2. The van der Waals surface area contributed by atoms with Crippen LogP contribution in [0.5, 0.6) is 0 Å². The lowest BCUT2D eigenvalue weighted by Gasteiger charge is -2.11. The van der Waals surface area contributed by atoms with Gasteiger partial charge in [-0.1, -0.05) is 60.7 Å². The Morgan fingerprint density at radius 3 is 2.19 bits per heavy atom. The van der Waals surface area contributed by atoms with Gasteiger partial charge in [0.25, 0.3) is 0 Å². The number of anilines is 1. The van der Waals surface area contributed by atoms with Crippen molar-refractivity contribution < 1.29 is 4.79 Å². The largest absolute Gasteiger partial charge is 0.378 e. The predicted octanol–water partition coefficient (Wildman–Crippen LogP) is 4.20. The molecule has 0 amide bonds. The Bertz CT molecular complexity index is 637. The molecule has 0 aliphatic carbocycles. The average molecular weight is 277 g/mol. The molecule has 0 unspecified atom stereocenters. The second-order valence-corrected chi connectivity index (χ2v) is 4.93. The van der Waals surface area contributed by atoms with Crippen molar-refractivity contribution in [3.8, 4) is 0 Å². The zero-order chi connectivity index (χ0) is 15.1. The van der Waals surface area contributed by atoms with E-state index in [1.54, 1.807) is 12.2 Å². The van der Waals surface area contributed by atoms with Gasteiger partial charge in [-0.2, -0.15) is 0 Å². The molecule has 0 bridgehead atoms. The predicted molar refractivity (Wildman–Crippen MR) is 89.7 cm³/mol. The summed E-state index contributed by atoms with van der Waals surface area (Å²) in [5, 5.41) is 0. The average Bonchev–Trinajstić information content (AvgIpc) is 2.52. The molecular weight excluding hydrogens is 258 g/mol. The molecule has 2 aromatic carbocycles. The summed E-state index contributed by atoms with van der Waals surface area (Å²) in [7, 11) is 4.03. The van der Waals surface area contributed by atoms with Crippen LogP contribution in [0.4, 0.5) is 5.69 Å². The van der Waals surface area contributed by atoms with E-state index < -0.39 is 0 Å². The van der Waals surface area contributed by atoms with Crippen LogP contribution in [-0.4, -0.2) is 19.9 Å². The van der Waals surface area contributed by atoms with Gasteiger partial charge in [0, 0.05) is 25.3 Å². The van der Waals surface area contributed by atoms with Crippen LogP contribution in [0.15, 0.2) is 72.8 Å². The molecule has 2 aromatic rings. The van der Waals surface area contributed by atoms with Gasteiger partial charge in [0.1, 0.15) is 0 Å². The molecular formula is C19H19NO. The first kappa shape index (κ1) is 14.8. The standard InChI is InChI=1S/C19H19NO/c1-20(2)18-14-12-16(13-15-18)8-6-7-11-19(21)17-9-4-3-5-10-17/h3-15H,1-2H3/b8-6+,11-7+. The van der Waals surface area contributed by atoms with Gasteiger partial charge in [0.2, 0.25) is 0 Å². The van der Waals surface area contributed by atoms with Crippen LogP contribution < -0.4 is 4.90 Å². The van der Waals surface area contributed by atoms with Gasteiger partial charge in [-0.05, 0) is 23.8 Å². The Hall–Kier alpha value is -2.61. The van der Waals surface area contributed by atoms with Gasteiger partial charge in [0.05, 0.1) is 0 Å². The molecule has 0 fully saturated rings. The monoisotopic (exact) mass is 277 g/mol. The molecule has 2 rings (SSSR count). The first-order valence-corrected chi connectivity index (χ1v) is 6.88. The van der Waals surface area contributed by atoms with Crippen molar-refractivity contribution in [3.63, 3.8) is 0 Å². The quantitative estimate of drug-likeness (QED) is 0.463. The molecule has 0 atom stereocenters. The van der Waals surface area contributed by atoms with Crippen LogP contribution in [0.2, 0.25) is 0 Å². The lowest BCUT2D eigenvalue weighted by molar-refractivity contribution is 0.104. The van der Waals surface area contributed by atoms with E-state index in [2.05, 4.69) is 29.2 Å². The maximum absolute atomic E-state index is 11.8. The summed E-state index contributed by atoms with van der Waals surface area (Å²) in [6.45, 7) is 0. The number of rotatable bonds is 5. The first-order valence-electron chi connectivity index (χ1n) is 6.88. The van der Waals surface area contributed by atoms with Crippen molar-refractivity contribution in [2.24, 2.45) is 0 Å². The topological polar surface area (TPSA) is 20.3 Å². The molecule has 21 heavy (non-hydrogen) atoms. The molecule has 0 saturated carbocycles. The molecule has 0 N–H and O–H groups in total. The number of benzene rings is 2. The van der Waals surface area contributed by atoms with Gasteiger partial charge >= 0.3 is 0 Å². The molecule has 0 saturated heterocycles. The van der Waals surface area contributed by atoms with Crippen molar-refractivity contribution in [1.29, 1.82) is 0 Å². The third kappa shape index (κ3) is 4.46. The Labute approximate surface area is 126 Å². The molecule has 106 valence electrons. The highest BCUT2D eigenvalue weighted by Crippen LogP contribution is 2.13. The van der Waals surface area contributed by atoms with E-state index in [1.165, 1.54) is 5.69 Å². The normalized spacial score (nSPS) is 11.1. The molecule has 0 radical (unpaired) electrons. The minimum atomic E-state index is 0.0169. The fourth-order valence-corrected chi connectivity index (χ4v) is 1.89. The second-order valence-electron chi connectivity index (χ2n) is 4.93. The van der Waals surface area contributed by atoms with Gasteiger partial charge in [-0.25, -0.2) is 0 Å². The molecule has 0 heterocycles. The zero-order valence-electron chi connectivity index (χ0n) is 12.4. The summed E-state index contributed by atoms with van der Waals surface area (Å²) < 4.78 is 0. The van der Waals surface area contributed by atoms with E-state index in [9.17, 15) is 4.79 Å². The highest BCUT2D eigenvalue weighted by molar-refractivity contribution is 6.04.